The van der Waals surface area contributed by atoms with Gasteiger partial charge in [-0.3, -0.25) is 14.6 Å². The highest BCUT2D eigenvalue weighted by molar-refractivity contribution is 14.0. The first-order valence-corrected chi connectivity index (χ1v) is 9.19. The second kappa shape index (κ2) is 12.8. The maximum atomic E-state index is 12.9. The molecule has 2 amide bonds. The molecule has 7 nitrogen and oxygen atoms in total. The zero-order valence-electron chi connectivity index (χ0n) is 17.2. The number of hydrogen-bond donors (Lipinski definition) is 3. The number of nitrogens with zero attached hydrogens (tertiary/aromatic N) is 2. The van der Waals surface area contributed by atoms with Crippen LogP contribution in [0, 0.1) is 5.82 Å². The van der Waals surface area contributed by atoms with Gasteiger partial charge in [-0.05, 0) is 48.4 Å². The van der Waals surface area contributed by atoms with Crippen molar-refractivity contribution in [2.45, 2.75) is 6.42 Å². The molecule has 2 aromatic carbocycles. The lowest BCUT2D eigenvalue weighted by molar-refractivity contribution is -0.115. The minimum absolute atomic E-state index is 0. The highest BCUT2D eigenvalue weighted by Crippen LogP contribution is 2.08. The number of halogens is 2. The summed E-state index contributed by atoms with van der Waals surface area (Å²) < 4.78 is 12.9. The van der Waals surface area contributed by atoms with Crippen LogP contribution in [-0.2, 0) is 11.2 Å². The molecule has 0 aliphatic rings. The molecule has 9 heteroatoms. The highest BCUT2D eigenvalue weighted by Gasteiger charge is 2.08. The fraction of sp³-hybridized carbons (Fsp3) is 0.286. The zero-order valence-corrected chi connectivity index (χ0v) is 19.6. The molecule has 0 bridgehead atoms. The lowest BCUT2D eigenvalue weighted by Gasteiger charge is -2.13. The molecule has 2 rings (SSSR count). The summed E-state index contributed by atoms with van der Waals surface area (Å²) in [6.45, 7) is 0.600. The van der Waals surface area contributed by atoms with Crippen LogP contribution in [0.5, 0.6) is 0 Å². The van der Waals surface area contributed by atoms with E-state index >= 15 is 0 Å². The van der Waals surface area contributed by atoms with Crippen molar-refractivity contribution in [3.05, 3.63) is 65.5 Å². The molecule has 0 aliphatic carbocycles. The summed E-state index contributed by atoms with van der Waals surface area (Å²) >= 11 is 0. The van der Waals surface area contributed by atoms with Crippen LogP contribution in [0.3, 0.4) is 0 Å². The summed E-state index contributed by atoms with van der Waals surface area (Å²) in [6, 6.07) is 13.0. The topological polar surface area (TPSA) is 85.8 Å². The van der Waals surface area contributed by atoms with E-state index in [1.54, 1.807) is 32.1 Å². The zero-order chi connectivity index (χ0) is 21.2. The molecule has 0 fully saturated rings. The highest BCUT2D eigenvalue weighted by atomic mass is 127. The van der Waals surface area contributed by atoms with Gasteiger partial charge in [0.05, 0.1) is 6.54 Å². The average Bonchev–Trinajstić information content (AvgIpc) is 2.71. The molecule has 0 spiro atoms. The van der Waals surface area contributed by atoms with Crippen LogP contribution in [0.2, 0.25) is 0 Å². The average molecular weight is 527 g/mol. The molecule has 0 radical (unpaired) electrons. The molecule has 0 unspecified atom stereocenters. The number of carbonyl (C=O) groups excluding carboxylic acids is 2. The minimum Gasteiger partial charge on any atom is -0.356 e. The minimum atomic E-state index is -0.359. The van der Waals surface area contributed by atoms with Crippen molar-refractivity contribution in [3.8, 4) is 0 Å². The Balaban J connectivity index is 0.00000450. The van der Waals surface area contributed by atoms with E-state index in [1.807, 2.05) is 18.2 Å². The van der Waals surface area contributed by atoms with Crippen molar-refractivity contribution in [2.75, 3.05) is 39.5 Å². The van der Waals surface area contributed by atoms with Gasteiger partial charge in [0.1, 0.15) is 5.82 Å². The van der Waals surface area contributed by atoms with Crippen molar-refractivity contribution in [1.82, 2.24) is 15.5 Å². The van der Waals surface area contributed by atoms with E-state index < -0.39 is 0 Å². The molecule has 162 valence electrons. The van der Waals surface area contributed by atoms with Crippen LogP contribution in [0.4, 0.5) is 10.1 Å². The number of carbonyl (C=O) groups is 2. The summed E-state index contributed by atoms with van der Waals surface area (Å²) in [7, 11) is 5.06. The fourth-order valence-electron chi connectivity index (χ4n) is 2.57. The summed E-state index contributed by atoms with van der Waals surface area (Å²) in [6.07, 6.45) is 0.691. The van der Waals surface area contributed by atoms with Gasteiger partial charge in [-0.15, -0.1) is 24.0 Å². The monoisotopic (exact) mass is 527 g/mol. The first-order chi connectivity index (χ1) is 13.9. The molecule has 3 N–H and O–H groups in total. The molecule has 0 heterocycles. The summed E-state index contributed by atoms with van der Waals surface area (Å²) in [5.41, 5.74) is 2.19. The quantitative estimate of drug-likeness (QED) is 0.294. The van der Waals surface area contributed by atoms with E-state index in [9.17, 15) is 14.0 Å². The molecule has 0 saturated carbocycles. The Hall–Kier alpha value is -2.69. The normalized spacial score (nSPS) is 10.6. The first kappa shape index (κ1) is 25.3. The number of anilines is 1. The van der Waals surface area contributed by atoms with Gasteiger partial charge >= 0.3 is 0 Å². The largest absolute Gasteiger partial charge is 0.356 e. The molecular formula is C21H27FIN5O2. The summed E-state index contributed by atoms with van der Waals surface area (Å²) in [4.78, 5) is 29.7. The van der Waals surface area contributed by atoms with Gasteiger partial charge in [0.2, 0.25) is 5.91 Å². The standard InChI is InChI=1S/C21H26FN5O2.HI/c1-23-21(25-14-19(28)26-18-9-7-17(22)8-10-18)24-12-11-15-5-4-6-16(13-15)20(29)27(2)3;/h4-10,13H,11-12,14H2,1-3H3,(H,26,28)(H2,23,24,25);1H. The van der Waals surface area contributed by atoms with Crippen LogP contribution < -0.4 is 16.0 Å². The van der Waals surface area contributed by atoms with Gasteiger partial charge < -0.3 is 20.9 Å². The van der Waals surface area contributed by atoms with Crippen LogP contribution in [-0.4, -0.2) is 56.9 Å². The third-order valence-electron chi connectivity index (χ3n) is 4.05. The fourth-order valence-corrected chi connectivity index (χ4v) is 2.57. The van der Waals surface area contributed by atoms with Gasteiger partial charge in [0.25, 0.3) is 5.91 Å². The molecule has 0 saturated heterocycles. The maximum Gasteiger partial charge on any atom is 0.253 e. The Labute approximate surface area is 193 Å². The van der Waals surface area contributed by atoms with E-state index in [-0.39, 0.29) is 48.2 Å². The lowest BCUT2D eigenvalue weighted by atomic mass is 10.1. The molecule has 30 heavy (non-hydrogen) atoms. The van der Waals surface area contributed by atoms with Crippen molar-refractivity contribution >= 4 is 47.4 Å². The molecule has 0 aliphatic heterocycles. The number of amides is 2. The second-order valence-electron chi connectivity index (χ2n) is 6.56. The predicted octanol–water partition coefficient (Wildman–Crippen LogP) is 2.49. The lowest BCUT2D eigenvalue weighted by Crippen LogP contribution is -2.42. The van der Waals surface area contributed by atoms with E-state index in [4.69, 9.17) is 0 Å². The number of nitrogens with one attached hydrogen (secondary N) is 3. The van der Waals surface area contributed by atoms with E-state index in [2.05, 4.69) is 20.9 Å². The van der Waals surface area contributed by atoms with Crippen LogP contribution in [0.15, 0.2) is 53.5 Å². The Morgan fingerprint density at radius 3 is 2.40 bits per heavy atom. The van der Waals surface area contributed by atoms with E-state index in [0.29, 0.717) is 30.2 Å². The SMILES string of the molecule is CN=C(NCCc1cccc(C(=O)N(C)C)c1)NCC(=O)Nc1ccc(F)cc1.I. The number of hydrogen-bond acceptors (Lipinski definition) is 3. The van der Waals surface area contributed by atoms with Crippen molar-refractivity contribution in [3.63, 3.8) is 0 Å². The van der Waals surface area contributed by atoms with Crippen LogP contribution in [0.25, 0.3) is 0 Å². The number of benzene rings is 2. The number of aliphatic imine (C=N–C) groups is 1. The van der Waals surface area contributed by atoms with Gasteiger partial charge in [-0.2, -0.15) is 0 Å². The molecular weight excluding hydrogens is 500 g/mol. The van der Waals surface area contributed by atoms with Gasteiger partial charge in [-0.25, -0.2) is 4.39 Å². The third-order valence-corrected chi connectivity index (χ3v) is 4.05. The Morgan fingerprint density at radius 1 is 1.07 bits per heavy atom. The van der Waals surface area contributed by atoms with Crippen LogP contribution >= 0.6 is 24.0 Å². The third kappa shape index (κ3) is 8.36. The maximum absolute atomic E-state index is 12.9. The smallest absolute Gasteiger partial charge is 0.253 e. The van der Waals surface area contributed by atoms with E-state index in [1.165, 1.54) is 24.3 Å². The van der Waals surface area contributed by atoms with Crippen molar-refractivity contribution < 1.29 is 14.0 Å². The number of rotatable bonds is 7. The Kier molecular flexibility index (Phi) is 10.8. The summed E-state index contributed by atoms with van der Waals surface area (Å²) in [5, 5.41) is 8.72. The van der Waals surface area contributed by atoms with Gasteiger partial charge in [0, 0.05) is 38.9 Å². The Morgan fingerprint density at radius 2 is 1.77 bits per heavy atom. The first-order valence-electron chi connectivity index (χ1n) is 9.19. The molecule has 0 aromatic heterocycles. The molecule has 2 aromatic rings. The Bertz CT molecular complexity index is 872. The van der Waals surface area contributed by atoms with Crippen LogP contribution in [0.1, 0.15) is 15.9 Å². The molecule has 0 atom stereocenters. The van der Waals surface area contributed by atoms with E-state index in [0.717, 1.165) is 5.56 Å². The second-order valence-corrected chi connectivity index (χ2v) is 6.56. The van der Waals surface area contributed by atoms with Crippen molar-refractivity contribution in [2.24, 2.45) is 4.99 Å². The summed E-state index contributed by atoms with van der Waals surface area (Å²) in [5.74, 6) is -0.180. The van der Waals surface area contributed by atoms with Gasteiger partial charge in [0.15, 0.2) is 5.96 Å². The predicted molar refractivity (Wildman–Crippen MR) is 128 cm³/mol. The van der Waals surface area contributed by atoms with Crippen molar-refractivity contribution in [1.29, 1.82) is 0 Å². The number of guanidine groups is 1. The van der Waals surface area contributed by atoms with Gasteiger partial charge in [-0.1, -0.05) is 12.1 Å².